The Morgan fingerprint density at radius 3 is 2.15 bits per heavy atom. The summed E-state index contributed by atoms with van der Waals surface area (Å²) in [6.07, 6.45) is 0. The largest absolute Gasteiger partial charge is 0.765 e. The third kappa shape index (κ3) is 3.16. The van der Waals surface area contributed by atoms with Crippen LogP contribution in [-0.4, -0.2) is 20.2 Å². The Bertz CT molecular complexity index is 532. The lowest BCUT2D eigenvalue weighted by molar-refractivity contribution is -0.882. The number of nitro groups is 1. The molecule has 0 saturated heterocycles. The zero-order chi connectivity index (χ0) is 15.7. The molecule has 1 rings (SSSR count). The van der Waals surface area contributed by atoms with Crippen molar-refractivity contribution in [3.63, 3.8) is 0 Å². The fraction of sp³-hybridized carbons (Fsp3) is 0.556. The van der Waals surface area contributed by atoms with E-state index in [0.717, 1.165) is 6.07 Å². The van der Waals surface area contributed by atoms with Gasteiger partial charge < -0.3 is 14.2 Å². The lowest BCUT2D eigenvalue weighted by Crippen LogP contribution is -2.57. The zero-order valence-electron chi connectivity index (χ0n) is 10.6. The van der Waals surface area contributed by atoms with Crippen LogP contribution in [0.2, 0.25) is 0 Å². The monoisotopic (exact) mass is 345 g/mol. The molecule has 8 nitrogen and oxygen atoms in total. The molecule has 1 aromatic rings. The summed E-state index contributed by atoms with van der Waals surface area (Å²) in [4.78, 5) is 32.9. The van der Waals surface area contributed by atoms with Crippen molar-refractivity contribution in [1.82, 2.24) is 0 Å². The molecule has 0 spiro atoms. The van der Waals surface area contributed by atoms with E-state index in [9.17, 15) is 24.5 Å². The molecule has 0 amide bonds. The summed E-state index contributed by atoms with van der Waals surface area (Å²) in [5, 5.41) is 10.5. The maximum atomic E-state index is 11.6. The summed E-state index contributed by atoms with van der Waals surface area (Å²) in [6, 6.07) is 2.27. The van der Waals surface area contributed by atoms with E-state index in [4.69, 9.17) is 27.6 Å². The maximum Gasteiger partial charge on any atom is 0.433 e. The number of hydrogen-bond acceptors (Lipinski definition) is 6. The summed E-state index contributed by atoms with van der Waals surface area (Å²) < 4.78 is 15.2. The highest BCUT2D eigenvalue weighted by atomic mass is 35.5. The number of quaternary nitrogens is 1. The SMILES string of the molecule is CC(Cl)[N+](Cc1ccc([N+](=O)[O-])o1)(C(C)Cl)P(=O)([O-])[O-]. The van der Waals surface area contributed by atoms with Gasteiger partial charge in [0.05, 0.1) is 6.07 Å². The average Bonchev–Trinajstić information content (AvgIpc) is 2.71. The topological polar surface area (TPSA) is 119 Å². The molecule has 0 aliphatic heterocycles. The molecule has 0 saturated carbocycles. The summed E-state index contributed by atoms with van der Waals surface area (Å²) in [5.74, 6) is -0.627. The minimum Gasteiger partial charge on any atom is -0.765 e. The number of alkyl halides is 2. The van der Waals surface area contributed by atoms with Crippen molar-refractivity contribution < 1.29 is 27.9 Å². The summed E-state index contributed by atoms with van der Waals surface area (Å²) in [5.41, 5.74) is -2.32. The van der Waals surface area contributed by atoms with E-state index in [-0.39, 0.29) is 5.76 Å². The van der Waals surface area contributed by atoms with E-state index in [1.54, 1.807) is 0 Å². The first-order valence-electron chi connectivity index (χ1n) is 5.43. The number of halogens is 2. The molecule has 0 N–H and O–H groups in total. The van der Waals surface area contributed by atoms with Crippen LogP contribution in [0.25, 0.3) is 0 Å². The van der Waals surface area contributed by atoms with Crippen LogP contribution in [0.5, 0.6) is 0 Å². The fourth-order valence-corrected chi connectivity index (χ4v) is 4.08. The molecule has 20 heavy (non-hydrogen) atoms. The first-order valence-corrected chi connectivity index (χ1v) is 7.80. The van der Waals surface area contributed by atoms with Gasteiger partial charge in [0.25, 0.3) is 0 Å². The van der Waals surface area contributed by atoms with Crippen LogP contribution in [0.4, 0.5) is 5.88 Å². The highest BCUT2D eigenvalue weighted by Gasteiger charge is 2.43. The predicted molar refractivity (Wildman–Crippen MR) is 67.6 cm³/mol. The second kappa shape index (κ2) is 6.01. The van der Waals surface area contributed by atoms with E-state index >= 15 is 0 Å². The maximum absolute atomic E-state index is 11.6. The number of hydrogen-bond donors (Lipinski definition) is 0. The molecule has 1 aromatic heterocycles. The van der Waals surface area contributed by atoms with Gasteiger partial charge in [0, 0.05) is 13.8 Å². The smallest absolute Gasteiger partial charge is 0.433 e. The molecule has 0 bridgehead atoms. The number of rotatable bonds is 6. The van der Waals surface area contributed by atoms with Crippen LogP contribution in [0.3, 0.4) is 0 Å². The Morgan fingerprint density at radius 2 is 1.85 bits per heavy atom. The zero-order valence-corrected chi connectivity index (χ0v) is 13.0. The summed E-state index contributed by atoms with van der Waals surface area (Å²) >= 11 is 11.7. The molecular weight excluding hydrogens is 334 g/mol. The van der Waals surface area contributed by atoms with E-state index in [0.29, 0.717) is 0 Å². The first kappa shape index (κ1) is 17.4. The molecule has 11 heteroatoms. The number of furan rings is 1. The normalized spacial score (nSPS) is 18.3. The van der Waals surface area contributed by atoms with Gasteiger partial charge in [0.1, 0.15) is 19.2 Å². The van der Waals surface area contributed by atoms with Crippen LogP contribution in [-0.2, 0) is 11.1 Å². The van der Waals surface area contributed by atoms with Crippen LogP contribution in [0.15, 0.2) is 16.5 Å². The molecule has 2 unspecified atom stereocenters. The van der Waals surface area contributed by atoms with Crippen molar-refractivity contribution in [3.8, 4) is 0 Å². The third-order valence-electron chi connectivity index (χ3n) is 2.92. The van der Waals surface area contributed by atoms with E-state index in [1.165, 1.54) is 19.9 Å². The van der Waals surface area contributed by atoms with Gasteiger partial charge in [0.2, 0.25) is 0 Å². The standard InChI is InChI=1S/C9H13Cl2N2O6P/c1-6(10)13(7(2)11,20(16,17)18)5-8-3-4-9(19-8)12(14)15/h3-4,6-7H,5H2,1-2H3,(H-,16,17,18)/p-1. The van der Waals surface area contributed by atoms with Crippen molar-refractivity contribution in [2.24, 2.45) is 0 Å². The fourth-order valence-electron chi connectivity index (χ4n) is 1.81. The van der Waals surface area contributed by atoms with Crippen molar-refractivity contribution >= 4 is 36.8 Å². The Labute approximate surface area is 124 Å². The van der Waals surface area contributed by atoms with Gasteiger partial charge in [-0.05, 0) is 6.07 Å². The van der Waals surface area contributed by atoms with Crippen molar-refractivity contribution in [2.75, 3.05) is 0 Å². The average molecular weight is 346 g/mol. The Kier molecular flexibility index (Phi) is 5.23. The molecular formula is C9H12Cl2N2O6P-. The van der Waals surface area contributed by atoms with Gasteiger partial charge >= 0.3 is 5.88 Å². The molecule has 0 aromatic carbocycles. The highest BCUT2D eigenvalue weighted by Crippen LogP contribution is 2.49. The minimum absolute atomic E-state index is 0.0661. The van der Waals surface area contributed by atoms with Crippen molar-refractivity contribution in [2.45, 2.75) is 31.4 Å². The summed E-state index contributed by atoms with van der Waals surface area (Å²) in [6.45, 7) is 2.12. The Hall–Kier alpha value is -0.630. The molecule has 1 heterocycles. The second-order valence-corrected chi connectivity index (χ2v) is 7.10. The van der Waals surface area contributed by atoms with Crippen LogP contribution >= 0.6 is 30.9 Å². The molecule has 0 radical (unpaired) electrons. The van der Waals surface area contributed by atoms with Gasteiger partial charge in [-0.3, -0.25) is 18.9 Å². The Balaban J connectivity index is 3.25. The van der Waals surface area contributed by atoms with Crippen LogP contribution in [0, 0.1) is 10.1 Å². The predicted octanol–water partition coefficient (Wildman–Crippen LogP) is 1.50. The Morgan fingerprint density at radius 1 is 1.35 bits per heavy atom. The minimum atomic E-state index is -5.26. The van der Waals surface area contributed by atoms with E-state index < -0.39 is 40.4 Å². The van der Waals surface area contributed by atoms with Crippen LogP contribution in [0.1, 0.15) is 19.6 Å². The van der Waals surface area contributed by atoms with Crippen LogP contribution < -0.4 is 9.79 Å². The highest BCUT2D eigenvalue weighted by molar-refractivity contribution is 7.42. The molecule has 0 fully saturated rings. The molecule has 2 atom stereocenters. The second-order valence-electron chi connectivity index (χ2n) is 4.16. The lowest BCUT2D eigenvalue weighted by atomic mass is 10.4. The van der Waals surface area contributed by atoms with Gasteiger partial charge in [-0.2, -0.15) is 0 Å². The quantitative estimate of drug-likeness (QED) is 0.253. The van der Waals surface area contributed by atoms with Gasteiger partial charge in [-0.15, -0.1) is 0 Å². The third-order valence-corrected chi connectivity index (χ3v) is 5.64. The molecule has 114 valence electrons. The van der Waals surface area contributed by atoms with E-state index in [2.05, 4.69) is 0 Å². The van der Waals surface area contributed by atoms with Gasteiger partial charge in [0.15, 0.2) is 16.8 Å². The lowest BCUT2D eigenvalue weighted by Gasteiger charge is -2.53. The summed E-state index contributed by atoms with van der Waals surface area (Å²) in [7, 11) is -5.26. The number of nitrogens with zero attached hydrogens (tertiary/aromatic N) is 2. The van der Waals surface area contributed by atoms with Gasteiger partial charge in [-0.1, -0.05) is 23.2 Å². The molecule has 0 aliphatic rings. The van der Waals surface area contributed by atoms with Crippen molar-refractivity contribution in [1.29, 1.82) is 0 Å². The molecule has 0 aliphatic carbocycles. The first-order chi connectivity index (χ1) is 9.02. The van der Waals surface area contributed by atoms with Gasteiger partial charge in [-0.25, -0.2) is 0 Å². The van der Waals surface area contributed by atoms with Crippen molar-refractivity contribution in [3.05, 3.63) is 28.0 Å². The van der Waals surface area contributed by atoms with E-state index in [1.807, 2.05) is 0 Å².